The van der Waals surface area contributed by atoms with Crippen molar-refractivity contribution in [1.29, 1.82) is 0 Å². The summed E-state index contributed by atoms with van der Waals surface area (Å²) in [5.41, 5.74) is 3.75. The van der Waals surface area contributed by atoms with Gasteiger partial charge < -0.3 is 15.4 Å². The second-order valence-corrected chi connectivity index (χ2v) is 9.56. The van der Waals surface area contributed by atoms with Crippen molar-refractivity contribution in [1.82, 2.24) is 0 Å². The fraction of sp³-hybridized carbons (Fsp3) is 0.280. The summed E-state index contributed by atoms with van der Waals surface area (Å²) >= 11 is 7.09. The molecule has 3 aromatic rings. The number of nitro benzene ring substituents is 1. The molecule has 0 bridgehead atoms. The lowest BCUT2D eigenvalue weighted by Gasteiger charge is -2.12. The first-order chi connectivity index (χ1) is 16.5. The molecule has 1 heterocycles. The quantitative estimate of drug-likeness (QED) is 0.179. The molecule has 0 saturated heterocycles. The van der Waals surface area contributed by atoms with Crippen molar-refractivity contribution in [2.24, 2.45) is 0 Å². The van der Waals surface area contributed by atoms with Crippen molar-refractivity contribution in [3.63, 3.8) is 0 Å². The van der Waals surface area contributed by atoms with Crippen LogP contribution in [0.15, 0.2) is 48.5 Å². The Bertz CT molecular complexity index is 1220. The van der Waals surface area contributed by atoms with E-state index in [1.54, 1.807) is 29.5 Å². The molecular formula is C25H25N3O4S2. The number of rotatable bonds is 5. The number of carbonyl (C=O) groups is 1. The number of anilines is 2. The molecule has 1 aliphatic rings. The lowest BCUT2D eigenvalue weighted by atomic mass is 9.96. The molecule has 0 spiro atoms. The van der Waals surface area contributed by atoms with Gasteiger partial charge in [-0.1, -0.05) is 37.1 Å². The fourth-order valence-corrected chi connectivity index (χ4v) is 5.77. The number of benzene rings is 2. The summed E-state index contributed by atoms with van der Waals surface area (Å²) in [6, 6.07) is 13.9. The van der Waals surface area contributed by atoms with E-state index in [0.717, 1.165) is 42.5 Å². The molecule has 0 saturated carbocycles. The summed E-state index contributed by atoms with van der Waals surface area (Å²) in [5.74, 6) is -0.350. The minimum Gasteiger partial charge on any atom is -0.465 e. The van der Waals surface area contributed by atoms with Gasteiger partial charge in [0.2, 0.25) is 0 Å². The van der Waals surface area contributed by atoms with Crippen molar-refractivity contribution in [2.75, 3.05) is 17.7 Å². The third kappa shape index (κ3) is 5.26. The van der Waals surface area contributed by atoms with Gasteiger partial charge in [0.05, 0.1) is 23.2 Å². The van der Waals surface area contributed by atoms with Crippen molar-refractivity contribution in [3.8, 4) is 11.1 Å². The maximum atomic E-state index is 12.6. The van der Waals surface area contributed by atoms with E-state index < -0.39 is 0 Å². The van der Waals surface area contributed by atoms with E-state index in [1.165, 1.54) is 30.9 Å². The van der Waals surface area contributed by atoms with Crippen LogP contribution in [-0.2, 0) is 17.6 Å². The second kappa shape index (κ2) is 10.8. The number of aryl methyl sites for hydroxylation is 1. The zero-order valence-electron chi connectivity index (χ0n) is 18.8. The Morgan fingerprint density at radius 1 is 1.03 bits per heavy atom. The van der Waals surface area contributed by atoms with Crippen LogP contribution in [0, 0.1) is 10.1 Å². The Balaban J connectivity index is 1.52. The predicted molar refractivity (Wildman–Crippen MR) is 140 cm³/mol. The monoisotopic (exact) mass is 495 g/mol. The summed E-state index contributed by atoms with van der Waals surface area (Å²) in [5, 5.41) is 18.7. The largest absolute Gasteiger partial charge is 0.465 e. The molecule has 176 valence electrons. The van der Waals surface area contributed by atoms with Crippen molar-refractivity contribution < 1.29 is 14.5 Å². The lowest BCUT2D eigenvalue weighted by Crippen LogP contribution is -2.20. The van der Waals surface area contributed by atoms with Gasteiger partial charge in [-0.2, -0.15) is 0 Å². The van der Waals surface area contributed by atoms with Gasteiger partial charge in [0.1, 0.15) is 5.00 Å². The van der Waals surface area contributed by atoms with Crippen LogP contribution in [-0.4, -0.2) is 23.1 Å². The maximum absolute atomic E-state index is 12.6. The zero-order valence-corrected chi connectivity index (χ0v) is 20.4. The first-order valence-corrected chi connectivity index (χ1v) is 12.3. The summed E-state index contributed by atoms with van der Waals surface area (Å²) in [7, 11) is 1.40. The molecule has 7 nitrogen and oxygen atoms in total. The smallest absolute Gasteiger partial charge is 0.341 e. The molecule has 2 aromatic carbocycles. The van der Waals surface area contributed by atoms with Crippen LogP contribution in [0.2, 0.25) is 0 Å². The van der Waals surface area contributed by atoms with E-state index in [0.29, 0.717) is 21.2 Å². The van der Waals surface area contributed by atoms with Gasteiger partial charge in [0.15, 0.2) is 5.11 Å². The molecule has 9 heteroatoms. The number of fused-ring (bicyclic) bond motifs is 1. The number of esters is 1. The molecule has 34 heavy (non-hydrogen) atoms. The Morgan fingerprint density at radius 3 is 2.44 bits per heavy atom. The molecule has 0 fully saturated rings. The third-order valence-corrected chi connectivity index (χ3v) is 7.25. The summed E-state index contributed by atoms with van der Waals surface area (Å²) in [4.78, 5) is 24.7. The first-order valence-electron chi connectivity index (χ1n) is 11.1. The molecule has 0 atom stereocenters. The summed E-state index contributed by atoms with van der Waals surface area (Å²) < 4.78 is 5.07. The molecule has 0 aliphatic heterocycles. The molecule has 4 rings (SSSR count). The Kier molecular flexibility index (Phi) is 7.54. The lowest BCUT2D eigenvalue weighted by molar-refractivity contribution is -0.384. The standard InChI is InChI=1S/C25H25N3O4S2/c1-32-24(29)22-19-9-4-2-3-5-11-21(19)34-23(22)27-25(33)26-17-14-12-16(13-15-17)18-8-6-7-10-20(18)28(30)31/h6-8,10,12-15H,2-5,9,11H2,1H3,(H2,26,27,33). The van der Waals surface area contributed by atoms with Gasteiger partial charge in [-0.3, -0.25) is 10.1 Å². The predicted octanol–water partition coefficient (Wildman–Crippen LogP) is 6.58. The van der Waals surface area contributed by atoms with Gasteiger partial charge in [0.25, 0.3) is 5.69 Å². The van der Waals surface area contributed by atoms with Crippen molar-refractivity contribution in [2.45, 2.75) is 38.5 Å². The van der Waals surface area contributed by atoms with Crippen LogP contribution in [0.25, 0.3) is 11.1 Å². The number of nitro groups is 1. The van der Waals surface area contributed by atoms with E-state index in [2.05, 4.69) is 10.6 Å². The van der Waals surface area contributed by atoms with Gasteiger partial charge in [-0.05, 0) is 67.2 Å². The van der Waals surface area contributed by atoms with Crippen LogP contribution >= 0.6 is 23.6 Å². The molecular weight excluding hydrogens is 470 g/mol. The fourth-order valence-electron chi connectivity index (χ4n) is 4.20. The number of hydrogen-bond donors (Lipinski definition) is 2. The Morgan fingerprint density at radius 2 is 1.74 bits per heavy atom. The van der Waals surface area contributed by atoms with E-state index in [9.17, 15) is 14.9 Å². The number of hydrogen-bond acceptors (Lipinski definition) is 6. The zero-order chi connectivity index (χ0) is 24.1. The average molecular weight is 496 g/mol. The molecule has 0 unspecified atom stereocenters. The number of para-hydroxylation sites is 1. The molecule has 0 radical (unpaired) electrons. The van der Waals surface area contributed by atoms with Gasteiger partial charge in [-0.15, -0.1) is 11.3 Å². The van der Waals surface area contributed by atoms with E-state index in [1.807, 2.05) is 24.3 Å². The van der Waals surface area contributed by atoms with E-state index in [4.69, 9.17) is 17.0 Å². The van der Waals surface area contributed by atoms with Crippen LogP contribution in [0.5, 0.6) is 0 Å². The van der Waals surface area contributed by atoms with Gasteiger partial charge in [-0.25, -0.2) is 4.79 Å². The molecule has 1 aromatic heterocycles. The highest BCUT2D eigenvalue weighted by molar-refractivity contribution is 7.80. The topological polar surface area (TPSA) is 93.5 Å². The van der Waals surface area contributed by atoms with Crippen molar-refractivity contribution >= 4 is 51.0 Å². The Hall–Kier alpha value is -3.30. The number of carbonyl (C=O) groups excluding carboxylic acids is 1. The van der Waals surface area contributed by atoms with Crippen LogP contribution in [0.4, 0.5) is 16.4 Å². The van der Waals surface area contributed by atoms with Crippen LogP contribution in [0.1, 0.15) is 46.5 Å². The van der Waals surface area contributed by atoms with Crippen LogP contribution < -0.4 is 10.6 Å². The maximum Gasteiger partial charge on any atom is 0.341 e. The van der Waals surface area contributed by atoms with E-state index >= 15 is 0 Å². The number of methoxy groups -OCH3 is 1. The number of nitrogens with zero attached hydrogens (tertiary/aromatic N) is 1. The summed E-state index contributed by atoms with van der Waals surface area (Å²) in [6.07, 6.45) is 6.37. The first kappa shape index (κ1) is 23.8. The molecule has 2 N–H and O–H groups in total. The number of thiocarbonyl (C=S) groups is 1. The second-order valence-electron chi connectivity index (χ2n) is 8.04. The molecule has 1 aliphatic carbocycles. The highest BCUT2D eigenvalue weighted by Crippen LogP contribution is 2.37. The average Bonchev–Trinajstić information content (AvgIpc) is 3.14. The van der Waals surface area contributed by atoms with Crippen molar-refractivity contribution in [3.05, 3.63) is 74.6 Å². The third-order valence-electron chi connectivity index (χ3n) is 5.84. The normalized spacial score (nSPS) is 13.2. The number of nitrogens with one attached hydrogen (secondary N) is 2. The Labute approximate surface area is 207 Å². The highest BCUT2D eigenvalue weighted by atomic mass is 32.1. The van der Waals surface area contributed by atoms with Gasteiger partial charge in [0, 0.05) is 16.6 Å². The van der Waals surface area contributed by atoms with Crippen LogP contribution in [0.3, 0.4) is 0 Å². The SMILES string of the molecule is COC(=O)c1c(NC(=S)Nc2ccc(-c3ccccc3[N+](=O)[O-])cc2)sc2c1CCCCCC2. The number of ether oxygens (including phenoxy) is 1. The highest BCUT2D eigenvalue weighted by Gasteiger charge is 2.25. The van der Waals surface area contributed by atoms with E-state index in [-0.39, 0.29) is 16.6 Å². The minimum absolute atomic E-state index is 0.0593. The minimum atomic E-state index is -0.385. The number of thiophene rings is 1. The molecule has 0 amide bonds. The summed E-state index contributed by atoms with van der Waals surface area (Å²) in [6.45, 7) is 0. The van der Waals surface area contributed by atoms with Gasteiger partial charge >= 0.3 is 5.97 Å².